The lowest BCUT2D eigenvalue weighted by Gasteiger charge is -2.02. The predicted molar refractivity (Wildman–Crippen MR) is 77.0 cm³/mol. The van der Waals surface area contributed by atoms with E-state index in [1.165, 1.54) is 0 Å². The fourth-order valence-corrected chi connectivity index (χ4v) is 2.90. The molecule has 102 valence electrons. The van der Waals surface area contributed by atoms with Crippen LogP contribution in [0.5, 0.6) is 0 Å². The number of hydrogen-bond donors (Lipinski definition) is 0. The number of allylic oxidation sites excluding steroid dienone is 1. The molecular weight excluding hydrogens is 262 g/mol. The van der Waals surface area contributed by atoms with E-state index in [0.29, 0.717) is 6.42 Å². The third kappa shape index (κ3) is 2.84. The van der Waals surface area contributed by atoms with Crippen LogP contribution in [0.25, 0.3) is 11.0 Å². The average molecular weight is 279 g/mol. The Hall–Kier alpha value is -1.69. The zero-order chi connectivity index (χ0) is 14.2. The summed E-state index contributed by atoms with van der Waals surface area (Å²) in [4.78, 5) is 17.3. The van der Waals surface area contributed by atoms with Crippen molar-refractivity contribution in [3.63, 3.8) is 0 Å². The standard InChI is InChI=1S/C13H17N3O2S/c1-8(2)5-11(16(17)18)6-12-10(4)14-13-15(12)7-9(3)19-13/h6-8H,5H2,1-4H3. The van der Waals surface area contributed by atoms with E-state index in [1.54, 1.807) is 17.4 Å². The van der Waals surface area contributed by atoms with E-state index in [2.05, 4.69) is 4.98 Å². The first-order valence-corrected chi connectivity index (χ1v) is 7.00. The highest BCUT2D eigenvalue weighted by molar-refractivity contribution is 7.17. The molecule has 0 aliphatic carbocycles. The van der Waals surface area contributed by atoms with Gasteiger partial charge in [0.25, 0.3) is 0 Å². The van der Waals surface area contributed by atoms with Gasteiger partial charge < -0.3 is 0 Å². The van der Waals surface area contributed by atoms with Crippen molar-refractivity contribution in [2.45, 2.75) is 34.1 Å². The van der Waals surface area contributed by atoms with E-state index in [1.807, 2.05) is 38.3 Å². The number of aryl methyl sites for hydroxylation is 2. The zero-order valence-electron chi connectivity index (χ0n) is 11.5. The molecule has 0 radical (unpaired) electrons. The molecule has 0 bridgehead atoms. The first-order chi connectivity index (χ1) is 8.88. The van der Waals surface area contributed by atoms with Crippen LogP contribution in [0.2, 0.25) is 0 Å². The summed E-state index contributed by atoms with van der Waals surface area (Å²) in [6.07, 6.45) is 4.09. The van der Waals surface area contributed by atoms with Crippen LogP contribution in [-0.4, -0.2) is 14.3 Å². The van der Waals surface area contributed by atoms with Crippen molar-refractivity contribution in [2.24, 2.45) is 5.92 Å². The molecule has 0 unspecified atom stereocenters. The van der Waals surface area contributed by atoms with Crippen molar-refractivity contribution in [1.29, 1.82) is 0 Å². The molecular formula is C13H17N3O2S. The first-order valence-electron chi connectivity index (χ1n) is 6.18. The van der Waals surface area contributed by atoms with Gasteiger partial charge >= 0.3 is 0 Å². The van der Waals surface area contributed by atoms with E-state index < -0.39 is 0 Å². The number of nitro groups is 1. The SMILES string of the molecule is Cc1cn2c(C=C(CC(C)C)[N+](=O)[O-])c(C)nc2s1. The van der Waals surface area contributed by atoms with Crippen LogP contribution in [0.15, 0.2) is 11.9 Å². The number of aromatic nitrogens is 2. The first kappa shape index (κ1) is 13.7. The molecule has 0 atom stereocenters. The van der Waals surface area contributed by atoms with Crippen LogP contribution in [-0.2, 0) is 0 Å². The molecule has 0 aliphatic heterocycles. The van der Waals surface area contributed by atoms with Crippen molar-refractivity contribution in [3.05, 3.63) is 38.3 Å². The summed E-state index contributed by atoms with van der Waals surface area (Å²) in [5, 5.41) is 11.1. The molecule has 2 heterocycles. The van der Waals surface area contributed by atoms with E-state index in [4.69, 9.17) is 0 Å². The summed E-state index contributed by atoms with van der Waals surface area (Å²) in [6.45, 7) is 7.84. The Morgan fingerprint density at radius 2 is 2.26 bits per heavy atom. The number of hydrogen-bond acceptors (Lipinski definition) is 4. The van der Waals surface area contributed by atoms with E-state index in [0.717, 1.165) is 21.2 Å². The Balaban J connectivity index is 2.52. The summed E-state index contributed by atoms with van der Waals surface area (Å²) < 4.78 is 1.93. The Morgan fingerprint density at radius 3 is 2.84 bits per heavy atom. The number of fused-ring (bicyclic) bond motifs is 1. The molecule has 0 amide bonds. The second kappa shape index (κ2) is 5.13. The fourth-order valence-electron chi connectivity index (χ4n) is 2.02. The molecule has 2 rings (SSSR count). The summed E-state index contributed by atoms with van der Waals surface area (Å²) in [7, 11) is 0. The topological polar surface area (TPSA) is 60.4 Å². The largest absolute Gasteiger partial charge is 0.290 e. The number of nitrogens with zero attached hydrogens (tertiary/aromatic N) is 3. The monoisotopic (exact) mass is 279 g/mol. The predicted octanol–water partition coefficient (Wildman–Crippen LogP) is 3.68. The molecule has 0 aliphatic rings. The van der Waals surface area contributed by atoms with Crippen LogP contribution in [0.1, 0.15) is 36.5 Å². The van der Waals surface area contributed by atoms with Gasteiger partial charge in [-0.05, 0) is 19.8 Å². The third-order valence-electron chi connectivity index (χ3n) is 2.82. The highest BCUT2D eigenvalue weighted by Crippen LogP contribution is 2.24. The molecule has 6 heteroatoms. The number of imidazole rings is 1. The number of thiazole rings is 1. The maximum atomic E-state index is 11.1. The van der Waals surface area contributed by atoms with Crippen LogP contribution in [0, 0.1) is 29.9 Å². The van der Waals surface area contributed by atoms with Gasteiger partial charge in [0.1, 0.15) is 0 Å². The van der Waals surface area contributed by atoms with Crippen molar-refractivity contribution in [3.8, 4) is 0 Å². The smallest absolute Gasteiger partial charge is 0.248 e. The van der Waals surface area contributed by atoms with E-state index >= 15 is 0 Å². The summed E-state index contributed by atoms with van der Waals surface area (Å²) in [5.74, 6) is 0.254. The normalized spacial score (nSPS) is 12.6. The van der Waals surface area contributed by atoms with Gasteiger partial charge in [0.15, 0.2) is 4.96 Å². The van der Waals surface area contributed by atoms with Crippen molar-refractivity contribution >= 4 is 22.4 Å². The molecule has 2 aromatic heterocycles. The van der Waals surface area contributed by atoms with E-state index in [9.17, 15) is 10.1 Å². The van der Waals surface area contributed by atoms with Crippen molar-refractivity contribution < 1.29 is 4.92 Å². The van der Waals surface area contributed by atoms with Crippen LogP contribution in [0.3, 0.4) is 0 Å². The Kier molecular flexibility index (Phi) is 3.71. The highest BCUT2D eigenvalue weighted by atomic mass is 32.1. The molecule has 0 aromatic carbocycles. The summed E-state index contributed by atoms with van der Waals surface area (Å²) in [5.41, 5.74) is 1.88. The summed E-state index contributed by atoms with van der Waals surface area (Å²) >= 11 is 1.59. The van der Waals surface area contributed by atoms with Crippen LogP contribution in [0.4, 0.5) is 0 Å². The van der Waals surface area contributed by atoms with Gasteiger partial charge in [-0.1, -0.05) is 13.8 Å². The molecule has 0 saturated carbocycles. The van der Waals surface area contributed by atoms with Gasteiger partial charge in [-0.2, -0.15) is 0 Å². The molecule has 0 fully saturated rings. The maximum Gasteiger partial charge on any atom is 0.248 e. The van der Waals surface area contributed by atoms with Gasteiger partial charge in [0.05, 0.1) is 16.3 Å². The van der Waals surface area contributed by atoms with Gasteiger partial charge in [-0.15, -0.1) is 11.3 Å². The average Bonchev–Trinajstić information content (AvgIpc) is 2.75. The number of rotatable bonds is 4. The highest BCUT2D eigenvalue weighted by Gasteiger charge is 2.17. The molecule has 0 saturated heterocycles. The quantitative estimate of drug-likeness (QED) is 0.633. The molecule has 2 aromatic rings. The Morgan fingerprint density at radius 1 is 1.58 bits per heavy atom. The lowest BCUT2D eigenvalue weighted by Crippen LogP contribution is -2.03. The third-order valence-corrected chi connectivity index (χ3v) is 3.72. The van der Waals surface area contributed by atoms with Gasteiger partial charge in [-0.25, -0.2) is 4.98 Å². The maximum absolute atomic E-state index is 11.1. The molecule has 5 nitrogen and oxygen atoms in total. The molecule has 0 spiro atoms. The molecule has 19 heavy (non-hydrogen) atoms. The van der Waals surface area contributed by atoms with Crippen LogP contribution < -0.4 is 0 Å². The van der Waals surface area contributed by atoms with Crippen molar-refractivity contribution in [1.82, 2.24) is 9.38 Å². The Labute approximate surface area is 115 Å². The van der Waals surface area contributed by atoms with Gasteiger partial charge in [-0.3, -0.25) is 14.5 Å². The minimum Gasteiger partial charge on any atom is -0.290 e. The lowest BCUT2D eigenvalue weighted by atomic mass is 10.1. The van der Waals surface area contributed by atoms with Gasteiger partial charge in [0, 0.05) is 23.6 Å². The minimum absolute atomic E-state index is 0.240. The molecule has 0 N–H and O–H groups in total. The lowest BCUT2D eigenvalue weighted by molar-refractivity contribution is -0.427. The summed E-state index contributed by atoms with van der Waals surface area (Å²) in [6, 6.07) is 0. The minimum atomic E-state index is -0.294. The van der Waals surface area contributed by atoms with Crippen LogP contribution >= 0.6 is 11.3 Å². The van der Waals surface area contributed by atoms with Crippen molar-refractivity contribution in [2.75, 3.05) is 0 Å². The Bertz CT molecular complexity index is 652. The second-order valence-electron chi connectivity index (χ2n) is 5.07. The zero-order valence-corrected chi connectivity index (χ0v) is 12.3. The fraction of sp³-hybridized carbons (Fsp3) is 0.462. The van der Waals surface area contributed by atoms with E-state index in [-0.39, 0.29) is 16.5 Å². The second-order valence-corrected chi connectivity index (χ2v) is 6.28. The van der Waals surface area contributed by atoms with Gasteiger partial charge in [0.2, 0.25) is 5.70 Å².